The third-order valence-corrected chi connectivity index (χ3v) is 2.19. The Balaban J connectivity index is 2.57. The van der Waals surface area contributed by atoms with Crippen LogP contribution >= 0.6 is 0 Å². The zero-order valence-corrected chi connectivity index (χ0v) is 10.2. The quantitative estimate of drug-likeness (QED) is 0.650. The van der Waals surface area contributed by atoms with Gasteiger partial charge >= 0.3 is 5.97 Å². The average molecular weight is 251 g/mol. The summed E-state index contributed by atoms with van der Waals surface area (Å²) in [6.07, 6.45) is 1.55. The fourth-order valence-electron chi connectivity index (χ4n) is 1.16. The van der Waals surface area contributed by atoms with Crippen molar-refractivity contribution in [1.82, 2.24) is 19.7 Å². The minimum absolute atomic E-state index is 0.0358. The Hall–Kier alpha value is -2.43. The maximum Gasteiger partial charge on any atom is 0.377 e. The second kappa shape index (κ2) is 6.34. The van der Waals surface area contributed by atoms with Crippen molar-refractivity contribution in [1.29, 1.82) is 5.26 Å². The van der Waals surface area contributed by atoms with Crippen LogP contribution in [-0.2, 0) is 16.1 Å². The first-order valence-electron chi connectivity index (χ1n) is 5.17. The summed E-state index contributed by atoms with van der Waals surface area (Å²) in [7, 11) is 2.82. The van der Waals surface area contributed by atoms with Gasteiger partial charge in [0.2, 0.25) is 5.91 Å². The van der Waals surface area contributed by atoms with E-state index in [1.807, 2.05) is 6.07 Å². The van der Waals surface area contributed by atoms with Gasteiger partial charge in [0.05, 0.1) is 19.6 Å². The Morgan fingerprint density at radius 2 is 2.33 bits per heavy atom. The molecular formula is C10H13N5O3. The van der Waals surface area contributed by atoms with Crippen molar-refractivity contribution in [2.45, 2.75) is 13.0 Å². The number of hydrogen-bond acceptors (Lipinski definition) is 6. The molecule has 0 saturated heterocycles. The van der Waals surface area contributed by atoms with Crippen molar-refractivity contribution in [3.8, 4) is 6.07 Å². The molecule has 0 bridgehead atoms. The Bertz CT molecular complexity index is 476. The molecule has 1 aromatic heterocycles. The van der Waals surface area contributed by atoms with Crippen molar-refractivity contribution >= 4 is 11.9 Å². The lowest BCUT2D eigenvalue weighted by molar-refractivity contribution is -0.130. The number of methoxy groups -OCH3 is 1. The number of nitriles is 1. The van der Waals surface area contributed by atoms with E-state index in [1.165, 1.54) is 23.0 Å². The molecule has 1 heterocycles. The van der Waals surface area contributed by atoms with E-state index in [1.54, 1.807) is 7.05 Å². The maximum atomic E-state index is 11.7. The predicted octanol–water partition coefficient (Wildman–Crippen LogP) is -0.563. The highest BCUT2D eigenvalue weighted by molar-refractivity contribution is 5.84. The molecule has 0 spiro atoms. The summed E-state index contributed by atoms with van der Waals surface area (Å²) in [6.45, 7) is 0.319. The number of aromatic nitrogens is 3. The Kier molecular flexibility index (Phi) is 4.80. The summed E-state index contributed by atoms with van der Waals surface area (Å²) < 4.78 is 5.69. The lowest BCUT2D eigenvalue weighted by atomic mass is 10.4. The van der Waals surface area contributed by atoms with E-state index in [2.05, 4.69) is 14.8 Å². The molecule has 0 aromatic carbocycles. The first-order chi connectivity index (χ1) is 8.58. The number of carbonyl (C=O) groups excluding carboxylic acids is 2. The molecule has 18 heavy (non-hydrogen) atoms. The molecule has 0 radical (unpaired) electrons. The first-order valence-corrected chi connectivity index (χ1v) is 5.17. The second-order valence-electron chi connectivity index (χ2n) is 3.48. The van der Waals surface area contributed by atoms with Gasteiger partial charge in [0.25, 0.3) is 5.82 Å². The summed E-state index contributed by atoms with van der Waals surface area (Å²) in [5.74, 6) is -0.962. The molecule has 0 fully saturated rings. The summed E-state index contributed by atoms with van der Waals surface area (Å²) in [6, 6.07) is 1.95. The smallest absolute Gasteiger partial charge is 0.377 e. The van der Waals surface area contributed by atoms with Crippen LogP contribution < -0.4 is 0 Å². The number of amides is 1. The minimum Gasteiger partial charge on any atom is -0.463 e. The van der Waals surface area contributed by atoms with E-state index in [9.17, 15) is 9.59 Å². The minimum atomic E-state index is -0.654. The molecule has 0 aliphatic rings. The van der Waals surface area contributed by atoms with Gasteiger partial charge < -0.3 is 9.64 Å². The van der Waals surface area contributed by atoms with Crippen molar-refractivity contribution in [3.05, 3.63) is 12.2 Å². The van der Waals surface area contributed by atoms with E-state index < -0.39 is 5.97 Å². The van der Waals surface area contributed by atoms with Crippen LogP contribution in [0.4, 0.5) is 0 Å². The van der Waals surface area contributed by atoms with Crippen LogP contribution in [0.2, 0.25) is 0 Å². The van der Waals surface area contributed by atoms with Crippen molar-refractivity contribution in [3.63, 3.8) is 0 Å². The molecule has 0 N–H and O–H groups in total. The molecule has 1 rings (SSSR count). The molecule has 0 unspecified atom stereocenters. The number of esters is 1. The normalized spacial score (nSPS) is 9.61. The molecule has 8 heteroatoms. The third-order valence-electron chi connectivity index (χ3n) is 2.19. The first kappa shape index (κ1) is 13.6. The number of hydrogen-bond donors (Lipinski definition) is 0. The van der Waals surface area contributed by atoms with Gasteiger partial charge in [0.15, 0.2) is 0 Å². The highest BCUT2D eigenvalue weighted by Gasteiger charge is 2.14. The van der Waals surface area contributed by atoms with Crippen LogP contribution in [0, 0.1) is 11.3 Å². The van der Waals surface area contributed by atoms with Gasteiger partial charge in [0, 0.05) is 13.6 Å². The predicted molar refractivity (Wildman–Crippen MR) is 59.2 cm³/mol. The monoisotopic (exact) mass is 251 g/mol. The molecule has 1 aromatic rings. The van der Waals surface area contributed by atoms with Gasteiger partial charge in [-0.2, -0.15) is 5.26 Å². The van der Waals surface area contributed by atoms with Gasteiger partial charge in [-0.25, -0.2) is 14.5 Å². The molecule has 0 saturated carbocycles. The molecular weight excluding hydrogens is 238 g/mol. The maximum absolute atomic E-state index is 11.7. The SMILES string of the molecule is COC(=O)c1ncn(CC(=O)N(C)CCC#N)n1. The van der Waals surface area contributed by atoms with Gasteiger partial charge in [-0.1, -0.05) is 0 Å². The number of carbonyl (C=O) groups is 2. The van der Waals surface area contributed by atoms with Crippen LogP contribution in [0.1, 0.15) is 17.0 Å². The van der Waals surface area contributed by atoms with Crippen LogP contribution in [0.15, 0.2) is 6.33 Å². The topological polar surface area (TPSA) is 101 Å². The third kappa shape index (κ3) is 3.55. The van der Waals surface area contributed by atoms with Gasteiger partial charge in [-0.15, -0.1) is 5.10 Å². The largest absolute Gasteiger partial charge is 0.463 e. The Labute approximate surface area is 104 Å². The average Bonchev–Trinajstić information content (AvgIpc) is 2.83. The molecule has 1 amide bonds. The zero-order chi connectivity index (χ0) is 13.5. The van der Waals surface area contributed by atoms with E-state index in [0.29, 0.717) is 6.54 Å². The van der Waals surface area contributed by atoms with Gasteiger partial charge in [-0.3, -0.25) is 4.79 Å². The van der Waals surface area contributed by atoms with E-state index in [0.717, 1.165) is 0 Å². The number of rotatable bonds is 5. The highest BCUT2D eigenvalue weighted by atomic mass is 16.5. The van der Waals surface area contributed by atoms with Crippen LogP contribution in [0.25, 0.3) is 0 Å². The second-order valence-corrected chi connectivity index (χ2v) is 3.48. The fourth-order valence-corrected chi connectivity index (χ4v) is 1.16. The number of ether oxygens (including phenoxy) is 1. The fraction of sp³-hybridized carbons (Fsp3) is 0.500. The lowest BCUT2D eigenvalue weighted by Gasteiger charge is -2.14. The Morgan fingerprint density at radius 1 is 1.61 bits per heavy atom. The standard InChI is InChI=1S/C10H13N5O3/c1-14(5-3-4-11)8(16)6-15-7-12-9(13-15)10(17)18-2/h7H,3,5-6H2,1-2H3. The Morgan fingerprint density at radius 3 is 2.94 bits per heavy atom. The summed E-state index contributed by atoms with van der Waals surface area (Å²) in [5, 5.41) is 12.2. The highest BCUT2D eigenvalue weighted by Crippen LogP contribution is 1.95. The number of nitrogens with zero attached hydrogens (tertiary/aromatic N) is 5. The van der Waals surface area contributed by atoms with E-state index >= 15 is 0 Å². The number of likely N-dealkylation sites (N-methyl/N-ethyl adjacent to an activating group) is 1. The van der Waals surface area contributed by atoms with Crippen LogP contribution in [0.5, 0.6) is 0 Å². The van der Waals surface area contributed by atoms with E-state index in [-0.39, 0.29) is 24.7 Å². The van der Waals surface area contributed by atoms with Crippen molar-refractivity contribution < 1.29 is 14.3 Å². The van der Waals surface area contributed by atoms with Crippen molar-refractivity contribution in [2.75, 3.05) is 20.7 Å². The van der Waals surface area contributed by atoms with E-state index in [4.69, 9.17) is 5.26 Å². The zero-order valence-electron chi connectivity index (χ0n) is 10.2. The van der Waals surface area contributed by atoms with Crippen LogP contribution in [0.3, 0.4) is 0 Å². The summed E-state index contributed by atoms with van der Waals surface area (Å²) in [4.78, 5) is 27.9. The molecule has 0 aliphatic heterocycles. The summed E-state index contributed by atoms with van der Waals surface area (Å²) in [5.41, 5.74) is 0. The molecule has 8 nitrogen and oxygen atoms in total. The van der Waals surface area contributed by atoms with Gasteiger partial charge in [-0.05, 0) is 0 Å². The molecule has 0 atom stereocenters. The summed E-state index contributed by atoms with van der Waals surface area (Å²) >= 11 is 0. The van der Waals surface area contributed by atoms with Crippen molar-refractivity contribution in [2.24, 2.45) is 0 Å². The molecule has 0 aliphatic carbocycles. The van der Waals surface area contributed by atoms with Gasteiger partial charge in [0.1, 0.15) is 12.9 Å². The molecule has 96 valence electrons. The lowest BCUT2D eigenvalue weighted by Crippen LogP contribution is -2.31. The van der Waals surface area contributed by atoms with Crippen LogP contribution in [-0.4, -0.2) is 52.2 Å².